The van der Waals surface area contributed by atoms with E-state index in [1.54, 1.807) is 24.3 Å². The van der Waals surface area contributed by atoms with Crippen LogP contribution < -0.4 is 5.32 Å². The van der Waals surface area contributed by atoms with Gasteiger partial charge in [-0.2, -0.15) is 0 Å². The van der Waals surface area contributed by atoms with Gasteiger partial charge in [-0.25, -0.2) is 0 Å². The number of aliphatic hydroxyl groups excluding tert-OH is 1. The Morgan fingerprint density at radius 1 is 1.17 bits per heavy atom. The lowest BCUT2D eigenvalue weighted by molar-refractivity contribution is -0.110. The lowest BCUT2D eigenvalue weighted by Crippen LogP contribution is -2.18. The van der Waals surface area contributed by atoms with Crippen LogP contribution in [0.5, 0.6) is 11.5 Å². The standard InChI is InChI=1S/C19H17NO4/c21-12-4-5-15-13(9-12)14(19(24)20-15)7-10-6-11-2-1-3-16(22)18(11)17(23)8-10/h1-5,7,9-10,17,21-23H,6,8H2,(H,20,24). The number of carbonyl (C=O) groups excluding carboxylic acids is 1. The normalized spacial score (nSPS) is 23.7. The van der Waals surface area contributed by atoms with Crippen molar-refractivity contribution in [2.24, 2.45) is 5.92 Å². The Balaban J connectivity index is 1.71. The van der Waals surface area contributed by atoms with Crippen LogP contribution in [0.2, 0.25) is 0 Å². The molecule has 4 N–H and O–H groups in total. The van der Waals surface area contributed by atoms with E-state index in [2.05, 4.69) is 5.32 Å². The van der Waals surface area contributed by atoms with Crippen LogP contribution in [0, 0.1) is 5.92 Å². The number of aromatic hydroxyl groups is 2. The largest absolute Gasteiger partial charge is 0.508 e. The lowest BCUT2D eigenvalue weighted by atomic mass is 9.80. The highest BCUT2D eigenvalue weighted by Gasteiger charge is 2.30. The summed E-state index contributed by atoms with van der Waals surface area (Å²) in [5.74, 6) is -0.00905. The van der Waals surface area contributed by atoms with Crippen LogP contribution in [-0.4, -0.2) is 21.2 Å². The molecule has 2 aromatic rings. The number of rotatable bonds is 1. The van der Waals surface area contributed by atoms with Gasteiger partial charge in [0.1, 0.15) is 11.5 Å². The van der Waals surface area contributed by atoms with Gasteiger partial charge in [-0.1, -0.05) is 18.2 Å². The van der Waals surface area contributed by atoms with Gasteiger partial charge in [0.2, 0.25) is 0 Å². The molecule has 1 heterocycles. The Kier molecular flexibility index (Phi) is 3.32. The molecule has 2 aliphatic rings. The van der Waals surface area contributed by atoms with Crippen LogP contribution in [0.25, 0.3) is 5.57 Å². The van der Waals surface area contributed by atoms with Gasteiger partial charge in [-0.3, -0.25) is 4.79 Å². The first-order chi connectivity index (χ1) is 11.5. The molecule has 0 saturated heterocycles. The zero-order valence-electron chi connectivity index (χ0n) is 12.9. The molecule has 0 bridgehead atoms. The highest BCUT2D eigenvalue weighted by atomic mass is 16.3. The first-order valence-corrected chi connectivity index (χ1v) is 7.88. The average molecular weight is 323 g/mol. The Morgan fingerprint density at radius 3 is 2.83 bits per heavy atom. The van der Waals surface area contributed by atoms with Gasteiger partial charge < -0.3 is 20.6 Å². The minimum Gasteiger partial charge on any atom is -0.508 e. The molecule has 2 atom stereocenters. The lowest BCUT2D eigenvalue weighted by Gasteiger charge is -2.27. The zero-order chi connectivity index (χ0) is 16.8. The summed E-state index contributed by atoms with van der Waals surface area (Å²) >= 11 is 0. The molecule has 0 saturated carbocycles. The van der Waals surface area contributed by atoms with E-state index in [-0.39, 0.29) is 23.3 Å². The number of hydrogen-bond acceptors (Lipinski definition) is 4. The van der Waals surface area contributed by atoms with Gasteiger partial charge in [0.05, 0.1) is 6.10 Å². The second kappa shape index (κ2) is 5.39. The Labute approximate surface area is 138 Å². The second-order valence-corrected chi connectivity index (χ2v) is 6.33. The number of nitrogens with one attached hydrogen (secondary N) is 1. The smallest absolute Gasteiger partial charge is 0.256 e. The summed E-state index contributed by atoms with van der Waals surface area (Å²) in [7, 11) is 0. The number of carbonyl (C=O) groups is 1. The summed E-state index contributed by atoms with van der Waals surface area (Å²) < 4.78 is 0. The fourth-order valence-electron chi connectivity index (χ4n) is 3.64. The summed E-state index contributed by atoms with van der Waals surface area (Å²) in [5, 5.41) is 32.8. The third-order valence-electron chi connectivity index (χ3n) is 4.70. The van der Waals surface area contributed by atoms with Gasteiger partial charge in [-0.15, -0.1) is 0 Å². The molecule has 1 aliphatic carbocycles. The summed E-state index contributed by atoms with van der Waals surface area (Å²) in [5.41, 5.74) is 3.35. The molecule has 1 amide bonds. The minimum absolute atomic E-state index is 0.0247. The highest BCUT2D eigenvalue weighted by molar-refractivity contribution is 6.31. The van der Waals surface area contributed by atoms with E-state index in [1.165, 1.54) is 6.07 Å². The van der Waals surface area contributed by atoms with Crippen molar-refractivity contribution in [3.05, 3.63) is 59.2 Å². The van der Waals surface area contributed by atoms with Gasteiger partial charge in [0.25, 0.3) is 5.91 Å². The molecular formula is C19H17NO4. The maximum Gasteiger partial charge on any atom is 0.256 e. The Hall–Kier alpha value is -2.79. The number of phenolic OH excluding ortho intramolecular Hbond substituents is 2. The first-order valence-electron chi connectivity index (χ1n) is 7.88. The van der Waals surface area contributed by atoms with E-state index in [0.717, 1.165) is 5.56 Å². The molecule has 0 aromatic heterocycles. The maximum absolute atomic E-state index is 12.2. The second-order valence-electron chi connectivity index (χ2n) is 6.33. The summed E-state index contributed by atoms with van der Waals surface area (Å²) in [4.78, 5) is 12.2. The average Bonchev–Trinajstić information content (AvgIpc) is 2.83. The van der Waals surface area contributed by atoms with E-state index in [4.69, 9.17) is 0 Å². The van der Waals surface area contributed by atoms with Crippen LogP contribution in [0.4, 0.5) is 5.69 Å². The topological polar surface area (TPSA) is 89.8 Å². The van der Waals surface area contributed by atoms with Crippen LogP contribution >= 0.6 is 0 Å². The van der Waals surface area contributed by atoms with E-state index in [1.807, 2.05) is 12.1 Å². The number of anilines is 1. The SMILES string of the molecule is O=C1Nc2ccc(O)cc2C1=CC1Cc2cccc(O)c2C(O)C1. The molecule has 24 heavy (non-hydrogen) atoms. The van der Waals surface area contributed by atoms with Crippen molar-refractivity contribution in [2.75, 3.05) is 5.32 Å². The van der Waals surface area contributed by atoms with Gasteiger partial charge in [0, 0.05) is 22.4 Å². The number of benzene rings is 2. The number of fused-ring (bicyclic) bond motifs is 2. The summed E-state index contributed by atoms with van der Waals surface area (Å²) in [6, 6.07) is 9.99. The molecule has 5 nitrogen and oxygen atoms in total. The van der Waals surface area contributed by atoms with Crippen molar-refractivity contribution in [3.63, 3.8) is 0 Å². The van der Waals surface area contributed by atoms with Crippen molar-refractivity contribution in [2.45, 2.75) is 18.9 Å². The molecule has 5 heteroatoms. The quantitative estimate of drug-likeness (QED) is 0.480. The number of hydrogen-bond donors (Lipinski definition) is 4. The van der Waals surface area contributed by atoms with E-state index < -0.39 is 6.10 Å². The van der Waals surface area contributed by atoms with Crippen molar-refractivity contribution >= 4 is 17.2 Å². The number of aliphatic hydroxyl groups is 1. The molecule has 2 unspecified atom stereocenters. The first kappa shape index (κ1) is 14.8. The number of allylic oxidation sites excluding steroid dienone is 1. The summed E-state index contributed by atoms with van der Waals surface area (Å²) in [6.45, 7) is 0. The monoisotopic (exact) mass is 323 g/mol. The van der Waals surface area contributed by atoms with Crippen LogP contribution in [0.15, 0.2) is 42.5 Å². The van der Waals surface area contributed by atoms with Crippen molar-refractivity contribution in [3.8, 4) is 11.5 Å². The predicted octanol–water partition coefficient (Wildman–Crippen LogP) is 2.73. The Morgan fingerprint density at radius 2 is 2.00 bits per heavy atom. The molecule has 0 radical (unpaired) electrons. The third kappa shape index (κ3) is 2.34. The zero-order valence-corrected chi connectivity index (χ0v) is 12.9. The molecule has 1 aliphatic heterocycles. The fraction of sp³-hybridized carbons (Fsp3) is 0.211. The molecule has 0 spiro atoms. The fourth-order valence-corrected chi connectivity index (χ4v) is 3.64. The number of amides is 1. The molecule has 2 aromatic carbocycles. The van der Waals surface area contributed by atoms with E-state index in [9.17, 15) is 20.1 Å². The molecular weight excluding hydrogens is 306 g/mol. The van der Waals surface area contributed by atoms with Crippen LogP contribution in [0.3, 0.4) is 0 Å². The Bertz CT molecular complexity index is 872. The summed E-state index contributed by atoms with van der Waals surface area (Å²) in [6.07, 6.45) is 2.18. The number of phenols is 2. The van der Waals surface area contributed by atoms with Crippen molar-refractivity contribution in [1.82, 2.24) is 0 Å². The molecule has 122 valence electrons. The van der Waals surface area contributed by atoms with Crippen molar-refractivity contribution < 1.29 is 20.1 Å². The molecule has 4 rings (SSSR count). The van der Waals surface area contributed by atoms with Crippen molar-refractivity contribution in [1.29, 1.82) is 0 Å². The van der Waals surface area contributed by atoms with Gasteiger partial charge >= 0.3 is 0 Å². The predicted molar refractivity (Wildman–Crippen MR) is 89.6 cm³/mol. The molecule has 0 fully saturated rings. The maximum atomic E-state index is 12.2. The van der Waals surface area contributed by atoms with E-state index in [0.29, 0.717) is 35.2 Å². The van der Waals surface area contributed by atoms with E-state index >= 15 is 0 Å². The third-order valence-corrected chi connectivity index (χ3v) is 4.70. The van der Waals surface area contributed by atoms with Crippen LogP contribution in [0.1, 0.15) is 29.2 Å². The highest BCUT2D eigenvalue weighted by Crippen LogP contribution is 2.41. The van der Waals surface area contributed by atoms with Gasteiger partial charge in [0.15, 0.2) is 0 Å². The van der Waals surface area contributed by atoms with Crippen LogP contribution in [-0.2, 0) is 11.2 Å². The minimum atomic E-state index is -0.759. The van der Waals surface area contributed by atoms with Gasteiger partial charge in [-0.05, 0) is 48.6 Å².